The first-order chi connectivity index (χ1) is 40.0. The summed E-state index contributed by atoms with van der Waals surface area (Å²) in [7, 11) is 0. The summed E-state index contributed by atoms with van der Waals surface area (Å²) in [5.41, 5.74) is 0. The van der Waals surface area contributed by atoms with Gasteiger partial charge in [0.1, 0.15) is 13.2 Å². The number of allylic oxidation sites excluding steroid dienone is 30. The molecular formula is C75H116O6. The first-order valence-corrected chi connectivity index (χ1v) is 32.3. The van der Waals surface area contributed by atoms with Gasteiger partial charge in [-0.15, -0.1) is 0 Å². The van der Waals surface area contributed by atoms with Gasteiger partial charge in [-0.2, -0.15) is 0 Å². The lowest BCUT2D eigenvalue weighted by atomic mass is 10.1. The molecule has 0 N–H and O–H groups in total. The molecule has 0 aliphatic carbocycles. The average Bonchev–Trinajstić information content (AvgIpc) is 3.47. The molecule has 1 atom stereocenters. The predicted octanol–water partition coefficient (Wildman–Crippen LogP) is 22.4. The van der Waals surface area contributed by atoms with Gasteiger partial charge in [0, 0.05) is 19.3 Å². The second kappa shape index (κ2) is 67.0. The second-order valence-electron chi connectivity index (χ2n) is 20.5. The summed E-state index contributed by atoms with van der Waals surface area (Å²) in [5.74, 6) is -1.00. The zero-order chi connectivity index (χ0) is 58.5. The minimum atomic E-state index is -0.825. The summed E-state index contributed by atoms with van der Waals surface area (Å²) in [4.78, 5) is 38.4. The third kappa shape index (κ3) is 65.2. The molecule has 6 heteroatoms. The molecule has 0 heterocycles. The van der Waals surface area contributed by atoms with Gasteiger partial charge in [-0.05, 0) is 148 Å². The van der Waals surface area contributed by atoms with Crippen LogP contribution in [0.1, 0.15) is 252 Å². The summed E-state index contributed by atoms with van der Waals surface area (Å²) in [6.07, 6.45) is 100. The van der Waals surface area contributed by atoms with Gasteiger partial charge < -0.3 is 14.2 Å². The van der Waals surface area contributed by atoms with Crippen LogP contribution in [-0.4, -0.2) is 37.2 Å². The quantitative estimate of drug-likeness (QED) is 0.0261. The summed E-state index contributed by atoms with van der Waals surface area (Å²) >= 11 is 0. The molecule has 0 amide bonds. The van der Waals surface area contributed by atoms with Gasteiger partial charge >= 0.3 is 17.9 Å². The molecule has 0 aromatic carbocycles. The Morgan fingerprint density at radius 2 is 0.457 bits per heavy atom. The Kier molecular flexibility index (Phi) is 62.5. The number of hydrogen-bond acceptors (Lipinski definition) is 6. The Bertz CT molecular complexity index is 1900. The molecule has 0 bridgehead atoms. The van der Waals surface area contributed by atoms with E-state index in [1.54, 1.807) is 0 Å². The summed E-state index contributed by atoms with van der Waals surface area (Å²) < 4.78 is 16.9. The number of carbonyl (C=O) groups is 3. The fourth-order valence-electron chi connectivity index (χ4n) is 8.18. The van der Waals surface area contributed by atoms with E-state index in [0.29, 0.717) is 19.3 Å². The van der Waals surface area contributed by atoms with E-state index in [9.17, 15) is 14.4 Å². The number of ether oxygens (including phenoxy) is 3. The standard InChI is InChI=1S/C75H116O6/c1-4-7-10-13-16-19-22-25-28-31-33-35-36-37-38-40-41-44-47-50-53-56-59-62-65-68-74(77)80-71-72(70-79-73(76)67-64-61-58-55-52-49-46-43-30-27-24-21-18-15-12-9-6-3)81-75(78)69-66-63-60-57-54-51-48-45-42-39-34-32-29-26-23-20-17-14-11-8-5-2/h7-12,16-21,25-30,33-35,37-39,41,44,46,49,55,58,72H,4-6,13-15,22-24,31-32,36,40,42-43,45,47-48,50-54,56-57,59-71H2,1-3H3/b10-7-,11-8-,12-9-,19-16-,20-17-,21-18-,28-25-,29-26-,30-27-,35-33-,38-37-,39-34-,44-41-,49-46-,58-55-. The predicted molar refractivity (Wildman–Crippen MR) is 352 cm³/mol. The molecule has 0 aromatic heterocycles. The third-order valence-corrected chi connectivity index (χ3v) is 12.9. The Labute approximate surface area is 497 Å². The lowest BCUT2D eigenvalue weighted by Gasteiger charge is -2.18. The largest absolute Gasteiger partial charge is 0.462 e. The van der Waals surface area contributed by atoms with Crippen molar-refractivity contribution in [2.75, 3.05) is 13.2 Å². The molecule has 0 radical (unpaired) electrons. The lowest BCUT2D eigenvalue weighted by molar-refractivity contribution is -0.167. The second-order valence-corrected chi connectivity index (χ2v) is 20.5. The van der Waals surface area contributed by atoms with Crippen molar-refractivity contribution in [1.29, 1.82) is 0 Å². The molecule has 6 nitrogen and oxygen atoms in total. The van der Waals surface area contributed by atoms with E-state index in [-0.39, 0.29) is 37.5 Å². The number of esters is 3. The molecule has 0 aromatic rings. The molecule has 452 valence electrons. The van der Waals surface area contributed by atoms with Gasteiger partial charge in [0.05, 0.1) is 0 Å². The van der Waals surface area contributed by atoms with Crippen molar-refractivity contribution in [3.8, 4) is 0 Å². The number of carbonyl (C=O) groups excluding carboxylic acids is 3. The van der Waals surface area contributed by atoms with Crippen molar-refractivity contribution in [2.24, 2.45) is 0 Å². The number of unbranched alkanes of at least 4 members (excludes halogenated alkanes) is 15. The van der Waals surface area contributed by atoms with E-state index >= 15 is 0 Å². The third-order valence-electron chi connectivity index (χ3n) is 12.9. The highest BCUT2D eigenvalue weighted by molar-refractivity contribution is 5.71. The van der Waals surface area contributed by atoms with Crippen LogP contribution in [0.3, 0.4) is 0 Å². The molecule has 0 fully saturated rings. The Morgan fingerprint density at radius 3 is 0.741 bits per heavy atom. The first-order valence-electron chi connectivity index (χ1n) is 32.3. The molecule has 1 unspecified atom stereocenters. The monoisotopic (exact) mass is 1110 g/mol. The van der Waals surface area contributed by atoms with Gasteiger partial charge in [-0.3, -0.25) is 14.4 Å². The van der Waals surface area contributed by atoms with Crippen LogP contribution in [0.4, 0.5) is 0 Å². The highest BCUT2D eigenvalue weighted by Gasteiger charge is 2.19. The maximum Gasteiger partial charge on any atom is 0.306 e. The minimum Gasteiger partial charge on any atom is -0.462 e. The van der Waals surface area contributed by atoms with E-state index < -0.39 is 6.10 Å². The van der Waals surface area contributed by atoms with Crippen LogP contribution in [0.2, 0.25) is 0 Å². The molecule has 0 aliphatic heterocycles. The van der Waals surface area contributed by atoms with E-state index in [0.717, 1.165) is 161 Å². The Hall–Kier alpha value is -5.49. The fourth-order valence-corrected chi connectivity index (χ4v) is 8.18. The zero-order valence-electron chi connectivity index (χ0n) is 51.7. The van der Waals surface area contributed by atoms with Crippen molar-refractivity contribution in [2.45, 2.75) is 258 Å². The normalized spacial score (nSPS) is 13.4. The van der Waals surface area contributed by atoms with Gasteiger partial charge in [0.15, 0.2) is 6.10 Å². The SMILES string of the molecule is CC/C=C\C/C=C\C/C=C\C/C=C\C/C=C\C/C=C\CCCCCCCCC(=O)OCC(COC(=O)CCC/C=C\C/C=C\C/C=C\C/C=C\C/C=C\CC)OC(=O)CCCCCCCCCC/C=C\C/C=C\C/C=C\C/C=C\CC. The molecule has 81 heavy (non-hydrogen) atoms. The van der Waals surface area contributed by atoms with Crippen molar-refractivity contribution >= 4 is 17.9 Å². The smallest absolute Gasteiger partial charge is 0.306 e. The van der Waals surface area contributed by atoms with E-state index in [1.807, 2.05) is 0 Å². The average molecular weight is 1110 g/mol. The van der Waals surface area contributed by atoms with Crippen LogP contribution in [0.15, 0.2) is 182 Å². The highest BCUT2D eigenvalue weighted by atomic mass is 16.6. The van der Waals surface area contributed by atoms with Crippen molar-refractivity contribution in [3.05, 3.63) is 182 Å². The van der Waals surface area contributed by atoms with Crippen LogP contribution in [0.25, 0.3) is 0 Å². The minimum absolute atomic E-state index is 0.116. The van der Waals surface area contributed by atoms with Crippen LogP contribution >= 0.6 is 0 Å². The van der Waals surface area contributed by atoms with Crippen molar-refractivity contribution < 1.29 is 28.6 Å². The molecule has 0 saturated heterocycles. The van der Waals surface area contributed by atoms with Gasteiger partial charge in [-0.25, -0.2) is 0 Å². The Morgan fingerprint density at radius 1 is 0.247 bits per heavy atom. The van der Waals surface area contributed by atoms with E-state index in [1.165, 1.54) is 44.9 Å². The van der Waals surface area contributed by atoms with Crippen LogP contribution in [-0.2, 0) is 28.6 Å². The van der Waals surface area contributed by atoms with Crippen LogP contribution in [0, 0.1) is 0 Å². The molecule has 0 aliphatic rings. The topological polar surface area (TPSA) is 78.9 Å². The summed E-state index contributed by atoms with van der Waals surface area (Å²) in [5, 5.41) is 0. The van der Waals surface area contributed by atoms with Crippen molar-refractivity contribution in [3.63, 3.8) is 0 Å². The molecular weight excluding hydrogens is 997 g/mol. The maximum absolute atomic E-state index is 12.9. The van der Waals surface area contributed by atoms with Crippen LogP contribution < -0.4 is 0 Å². The molecule has 0 saturated carbocycles. The Balaban J connectivity index is 4.53. The number of hydrogen-bond donors (Lipinski definition) is 0. The fraction of sp³-hybridized carbons (Fsp3) is 0.560. The molecule has 0 rings (SSSR count). The lowest BCUT2D eigenvalue weighted by Crippen LogP contribution is -2.30. The molecule has 0 spiro atoms. The summed E-state index contributed by atoms with van der Waals surface area (Å²) in [6.45, 7) is 6.23. The van der Waals surface area contributed by atoms with Gasteiger partial charge in [-0.1, -0.05) is 267 Å². The zero-order valence-corrected chi connectivity index (χ0v) is 51.7. The van der Waals surface area contributed by atoms with E-state index in [4.69, 9.17) is 14.2 Å². The summed E-state index contributed by atoms with van der Waals surface area (Å²) in [6, 6.07) is 0. The van der Waals surface area contributed by atoms with Gasteiger partial charge in [0.2, 0.25) is 0 Å². The van der Waals surface area contributed by atoms with Gasteiger partial charge in [0.25, 0.3) is 0 Å². The van der Waals surface area contributed by atoms with E-state index in [2.05, 4.69) is 203 Å². The number of rotatable bonds is 56. The maximum atomic E-state index is 12.9. The highest BCUT2D eigenvalue weighted by Crippen LogP contribution is 2.14. The van der Waals surface area contributed by atoms with Crippen molar-refractivity contribution in [1.82, 2.24) is 0 Å². The first kappa shape index (κ1) is 75.5. The van der Waals surface area contributed by atoms with Crippen LogP contribution in [0.5, 0.6) is 0 Å².